The molecular formula is C17H16ClNO6S. The Morgan fingerprint density at radius 3 is 2.08 bits per heavy atom. The fourth-order valence-corrected chi connectivity index (χ4v) is 3.04. The van der Waals surface area contributed by atoms with E-state index in [-0.39, 0.29) is 16.2 Å². The van der Waals surface area contributed by atoms with E-state index in [0.29, 0.717) is 15.1 Å². The summed E-state index contributed by atoms with van der Waals surface area (Å²) in [6.45, 7) is -0.438. The molecule has 2 aromatic rings. The average molecular weight is 398 g/mol. The Morgan fingerprint density at radius 1 is 1.00 bits per heavy atom. The number of hydrogen-bond acceptors (Lipinski definition) is 6. The molecule has 0 N–H and O–H groups in total. The van der Waals surface area contributed by atoms with Crippen LogP contribution >= 0.6 is 11.6 Å². The second-order valence-corrected chi connectivity index (χ2v) is 7.50. The number of ether oxygens (including phenoxy) is 1. The molecule has 26 heavy (non-hydrogen) atoms. The molecule has 0 saturated carbocycles. The largest absolute Gasteiger partial charge is 0.454 e. The van der Waals surface area contributed by atoms with Crippen molar-refractivity contribution in [1.82, 2.24) is 4.47 Å². The smallest absolute Gasteiger partial charge is 0.338 e. The molecule has 0 radical (unpaired) electrons. The van der Waals surface area contributed by atoms with E-state index in [0.717, 1.165) is 0 Å². The summed E-state index contributed by atoms with van der Waals surface area (Å²) < 4.78 is 29.8. The van der Waals surface area contributed by atoms with Crippen molar-refractivity contribution in [1.29, 1.82) is 0 Å². The van der Waals surface area contributed by atoms with Crippen LogP contribution in [-0.4, -0.2) is 45.4 Å². The number of carbonyl (C=O) groups is 2. The van der Waals surface area contributed by atoms with Crippen LogP contribution in [0.1, 0.15) is 20.7 Å². The number of rotatable bonds is 7. The highest BCUT2D eigenvalue weighted by molar-refractivity contribution is 7.89. The van der Waals surface area contributed by atoms with Crippen LogP contribution in [0.3, 0.4) is 0 Å². The zero-order chi connectivity index (χ0) is 19.3. The fraction of sp³-hybridized carbons (Fsp3) is 0.176. The molecular weight excluding hydrogens is 382 g/mol. The third-order valence-corrected chi connectivity index (χ3v) is 5.43. The summed E-state index contributed by atoms with van der Waals surface area (Å²) in [4.78, 5) is 28.6. The Kier molecular flexibility index (Phi) is 6.49. The maximum Gasteiger partial charge on any atom is 0.338 e. The molecule has 0 spiro atoms. The van der Waals surface area contributed by atoms with Gasteiger partial charge in [0.1, 0.15) is 0 Å². The monoisotopic (exact) mass is 397 g/mol. The highest BCUT2D eigenvalue weighted by Crippen LogP contribution is 2.16. The Labute approximate surface area is 156 Å². The predicted octanol–water partition coefficient (Wildman–Crippen LogP) is 2.56. The summed E-state index contributed by atoms with van der Waals surface area (Å²) in [5, 5.41) is 0.493. The van der Waals surface area contributed by atoms with Crippen LogP contribution < -0.4 is 0 Å². The number of carbonyl (C=O) groups excluding carboxylic acids is 2. The first-order chi connectivity index (χ1) is 12.3. The van der Waals surface area contributed by atoms with E-state index in [1.54, 1.807) is 12.1 Å². The maximum absolute atomic E-state index is 12.1. The molecule has 138 valence electrons. The third kappa shape index (κ3) is 4.67. The molecule has 0 bridgehead atoms. The van der Waals surface area contributed by atoms with Gasteiger partial charge in [-0.2, -0.15) is 0 Å². The zero-order valence-electron chi connectivity index (χ0n) is 14.0. The van der Waals surface area contributed by atoms with E-state index < -0.39 is 22.6 Å². The van der Waals surface area contributed by atoms with Crippen LogP contribution in [-0.2, 0) is 19.6 Å². The van der Waals surface area contributed by atoms with Crippen LogP contribution in [0.15, 0.2) is 53.4 Å². The molecule has 0 aliphatic carbocycles. The number of halogens is 1. The molecule has 0 aliphatic heterocycles. The van der Waals surface area contributed by atoms with Gasteiger partial charge in [0, 0.05) is 17.6 Å². The Morgan fingerprint density at radius 2 is 1.54 bits per heavy atom. The maximum atomic E-state index is 12.1. The van der Waals surface area contributed by atoms with Gasteiger partial charge in [-0.25, -0.2) is 13.2 Å². The van der Waals surface area contributed by atoms with E-state index in [1.165, 1.54) is 50.6 Å². The van der Waals surface area contributed by atoms with Crippen LogP contribution in [0.2, 0.25) is 5.02 Å². The normalized spacial score (nSPS) is 11.4. The van der Waals surface area contributed by atoms with Gasteiger partial charge >= 0.3 is 5.97 Å². The number of hydroxylamine groups is 1. The summed E-state index contributed by atoms with van der Waals surface area (Å²) in [6.07, 6.45) is 0. The van der Waals surface area contributed by atoms with E-state index in [2.05, 4.69) is 4.84 Å². The molecule has 0 atom stereocenters. The molecule has 0 aliphatic rings. The first-order valence-corrected chi connectivity index (χ1v) is 9.16. The van der Waals surface area contributed by atoms with Crippen molar-refractivity contribution < 1.29 is 27.6 Å². The van der Waals surface area contributed by atoms with Crippen LogP contribution in [0.5, 0.6) is 0 Å². The van der Waals surface area contributed by atoms with Gasteiger partial charge in [-0.1, -0.05) is 16.1 Å². The molecule has 0 amide bonds. The van der Waals surface area contributed by atoms with Crippen LogP contribution in [0.25, 0.3) is 0 Å². The predicted molar refractivity (Wildman–Crippen MR) is 94.5 cm³/mol. The topological polar surface area (TPSA) is 90.0 Å². The van der Waals surface area contributed by atoms with Gasteiger partial charge in [-0.05, 0) is 48.5 Å². The molecule has 2 aromatic carbocycles. The van der Waals surface area contributed by atoms with Crippen molar-refractivity contribution >= 4 is 33.4 Å². The molecule has 9 heteroatoms. The summed E-state index contributed by atoms with van der Waals surface area (Å²) in [7, 11) is -1.33. The Hall–Kier alpha value is -2.26. The lowest BCUT2D eigenvalue weighted by Gasteiger charge is -2.14. The van der Waals surface area contributed by atoms with E-state index in [4.69, 9.17) is 16.3 Å². The summed E-state index contributed by atoms with van der Waals surface area (Å²) >= 11 is 5.75. The lowest BCUT2D eigenvalue weighted by molar-refractivity contribution is -0.0258. The van der Waals surface area contributed by atoms with Gasteiger partial charge in [0.25, 0.3) is 10.0 Å². The zero-order valence-corrected chi connectivity index (χ0v) is 15.6. The minimum Gasteiger partial charge on any atom is -0.454 e. The van der Waals surface area contributed by atoms with Crippen molar-refractivity contribution in [3.05, 3.63) is 64.7 Å². The second kappa shape index (κ2) is 8.41. The van der Waals surface area contributed by atoms with Crippen LogP contribution in [0, 0.1) is 0 Å². The Balaban J connectivity index is 2.02. The molecule has 7 nitrogen and oxygen atoms in total. The average Bonchev–Trinajstić information content (AvgIpc) is 2.65. The first-order valence-electron chi connectivity index (χ1n) is 7.34. The van der Waals surface area contributed by atoms with Gasteiger partial charge in [0.2, 0.25) is 0 Å². The summed E-state index contributed by atoms with van der Waals surface area (Å²) in [5.74, 6) is -1.12. The highest BCUT2D eigenvalue weighted by Gasteiger charge is 2.21. The number of benzene rings is 2. The summed E-state index contributed by atoms with van der Waals surface area (Å²) in [6, 6.07) is 11.3. The van der Waals surface area contributed by atoms with Crippen molar-refractivity contribution in [3.8, 4) is 0 Å². The standard InChI is InChI=1S/C17H16ClNO6S/c1-19(24-2)26(22,23)15-9-5-13(6-10-15)17(21)25-11-16(20)12-3-7-14(18)8-4-12/h3-10H,11H2,1-2H3. The van der Waals surface area contributed by atoms with Crippen molar-refractivity contribution in [3.63, 3.8) is 0 Å². The van der Waals surface area contributed by atoms with E-state index in [9.17, 15) is 18.0 Å². The number of sulfonamides is 1. The number of hydrogen-bond donors (Lipinski definition) is 0. The SMILES string of the molecule is CON(C)S(=O)(=O)c1ccc(C(=O)OCC(=O)c2ccc(Cl)cc2)cc1. The molecule has 0 fully saturated rings. The lowest BCUT2D eigenvalue weighted by Crippen LogP contribution is -2.25. The van der Waals surface area contributed by atoms with Gasteiger partial charge < -0.3 is 4.74 Å². The Bertz CT molecular complexity index is 894. The van der Waals surface area contributed by atoms with Crippen molar-refractivity contribution in [2.24, 2.45) is 0 Å². The highest BCUT2D eigenvalue weighted by atomic mass is 35.5. The number of nitrogens with zero attached hydrogens (tertiary/aromatic N) is 1. The number of ketones is 1. The minimum absolute atomic E-state index is 0.0457. The van der Waals surface area contributed by atoms with Crippen molar-refractivity contribution in [2.45, 2.75) is 4.90 Å². The van der Waals surface area contributed by atoms with Gasteiger partial charge in [0.15, 0.2) is 12.4 Å². The minimum atomic E-state index is -3.80. The van der Waals surface area contributed by atoms with E-state index >= 15 is 0 Å². The number of esters is 1. The molecule has 0 aromatic heterocycles. The fourth-order valence-electron chi connectivity index (χ4n) is 1.94. The molecule has 0 heterocycles. The van der Waals surface area contributed by atoms with Gasteiger partial charge in [-0.3, -0.25) is 9.63 Å². The molecule has 0 saturated heterocycles. The van der Waals surface area contributed by atoms with Gasteiger partial charge in [0.05, 0.1) is 17.6 Å². The quantitative estimate of drug-likeness (QED) is 0.405. The van der Waals surface area contributed by atoms with Crippen molar-refractivity contribution in [2.75, 3.05) is 20.8 Å². The number of Topliss-reactive ketones (excluding diaryl/α,β-unsaturated/α-hetero) is 1. The lowest BCUT2D eigenvalue weighted by atomic mass is 10.1. The first kappa shape index (κ1) is 20.1. The molecule has 0 unspecified atom stereocenters. The third-order valence-electron chi connectivity index (χ3n) is 3.48. The van der Waals surface area contributed by atoms with E-state index in [1.807, 2.05) is 0 Å². The van der Waals surface area contributed by atoms with Crippen LogP contribution in [0.4, 0.5) is 0 Å². The summed E-state index contributed by atoms with van der Waals surface area (Å²) in [5.41, 5.74) is 0.485. The van der Waals surface area contributed by atoms with Gasteiger partial charge in [-0.15, -0.1) is 0 Å². The molecule has 2 rings (SSSR count). The second-order valence-electron chi connectivity index (χ2n) is 5.13.